The van der Waals surface area contributed by atoms with Crippen molar-refractivity contribution >= 4 is 30.3 Å². The molecule has 0 fully saturated rings. The van der Waals surface area contributed by atoms with Crippen LogP contribution in [0, 0.1) is 0 Å². The Labute approximate surface area is 181 Å². The number of amides is 3. The zero-order valence-electron chi connectivity index (χ0n) is 17.5. The molecule has 0 radical (unpaired) electrons. The molecule has 11 nitrogen and oxygen atoms in total. The van der Waals surface area contributed by atoms with E-state index in [-0.39, 0.29) is 37.7 Å². The number of rotatable bonds is 12. The van der Waals surface area contributed by atoms with Crippen molar-refractivity contribution in [3.8, 4) is 0 Å². The van der Waals surface area contributed by atoms with Crippen LogP contribution in [0.1, 0.15) is 24.0 Å². The summed E-state index contributed by atoms with van der Waals surface area (Å²) in [7, 11) is -0.948. The van der Waals surface area contributed by atoms with Crippen molar-refractivity contribution in [2.45, 2.75) is 32.0 Å². The number of nitrogens with zero attached hydrogens (tertiary/aromatic N) is 1. The Balaban J connectivity index is 1.69. The van der Waals surface area contributed by atoms with E-state index >= 15 is 0 Å². The standard InChI is InChI=1S/C19H31BN6O5/c21-5-7-26(8-6-22)18(28)4-3-16(23)19(29)25-11-17(27)24-10-13-1-2-14-12-31-20(30)15(14)9-13/h1-2,9,16,30H,3-8,10-12,21-23H2,(H,24,27)(H,25,29). The van der Waals surface area contributed by atoms with E-state index in [0.717, 1.165) is 11.1 Å². The van der Waals surface area contributed by atoms with Crippen LogP contribution >= 0.6 is 0 Å². The summed E-state index contributed by atoms with van der Waals surface area (Å²) in [4.78, 5) is 37.8. The fourth-order valence-corrected chi connectivity index (χ4v) is 3.18. The van der Waals surface area contributed by atoms with Gasteiger partial charge in [-0.2, -0.15) is 0 Å². The molecule has 170 valence electrons. The lowest BCUT2D eigenvalue weighted by atomic mass is 9.79. The molecule has 1 unspecified atom stereocenters. The van der Waals surface area contributed by atoms with Crippen molar-refractivity contribution in [1.29, 1.82) is 0 Å². The van der Waals surface area contributed by atoms with Gasteiger partial charge in [0.1, 0.15) is 0 Å². The summed E-state index contributed by atoms with van der Waals surface area (Å²) >= 11 is 0. The third kappa shape index (κ3) is 7.60. The monoisotopic (exact) mass is 434 g/mol. The van der Waals surface area contributed by atoms with E-state index in [0.29, 0.717) is 38.2 Å². The third-order valence-corrected chi connectivity index (χ3v) is 4.94. The molecule has 0 spiro atoms. The van der Waals surface area contributed by atoms with Crippen LogP contribution in [-0.4, -0.2) is 73.5 Å². The lowest BCUT2D eigenvalue weighted by molar-refractivity contribution is -0.131. The first kappa shape index (κ1) is 24.8. The largest absolute Gasteiger partial charge is 0.491 e. The van der Waals surface area contributed by atoms with Gasteiger partial charge < -0.3 is 42.4 Å². The van der Waals surface area contributed by atoms with E-state index in [1.165, 1.54) is 0 Å². The first-order valence-electron chi connectivity index (χ1n) is 10.2. The average Bonchev–Trinajstić information content (AvgIpc) is 3.14. The maximum absolute atomic E-state index is 12.2. The second-order valence-corrected chi connectivity index (χ2v) is 7.29. The Hall–Kier alpha value is -2.51. The fourth-order valence-electron chi connectivity index (χ4n) is 3.18. The van der Waals surface area contributed by atoms with E-state index in [4.69, 9.17) is 21.9 Å². The van der Waals surface area contributed by atoms with Gasteiger partial charge in [-0.1, -0.05) is 18.2 Å². The summed E-state index contributed by atoms with van der Waals surface area (Å²) in [6.45, 7) is 1.82. The normalized spacial score (nSPS) is 13.5. The Bertz CT molecular complexity index is 774. The van der Waals surface area contributed by atoms with Crippen LogP contribution in [0.3, 0.4) is 0 Å². The molecule has 1 atom stereocenters. The maximum atomic E-state index is 12.2. The van der Waals surface area contributed by atoms with E-state index in [1.54, 1.807) is 11.0 Å². The van der Waals surface area contributed by atoms with Crippen LogP contribution in [0.15, 0.2) is 18.2 Å². The second-order valence-electron chi connectivity index (χ2n) is 7.29. The van der Waals surface area contributed by atoms with Gasteiger partial charge in [0.25, 0.3) is 0 Å². The number of hydrogen-bond acceptors (Lipinski definition) is 8. The second kappa shape index (κ2) is 12.4. The predicted octanol–water partition coefficient (Wildman–Crippen LogP) is -3.51. The summed E-state index contributed by atoms with van der Waals surface area (Å²) in [5.41, 5.74) is 19.2. The molecule has 0 bridgehead atoms. The molecule has 31 heavy (non-hydrogen) atoms. The van der Waals surface area contributed by atoms with E-state index in [2.05, 4.69) is 10.6 Å². The molecule has 9 N–H and O–H groups in total. The highest BCUT2D eigenvalue weighted by atomic mass is 16.5. The Morgan fingerprint density at radius 3 is 2.58 bits per heavy atom. The minimum absolute atomic E-state index is 0.0919. The third-order valence-electron chi connectivity index (χ3n) is 4.94. The molecular weight excluding hydrogens is 403 g/mol. The van der Waals surface area contributed by atoms with Crippen LogP contribution in [0.4, 0.5) is 0 Å². The number of carbonyl (C=O) groups is 3. The molecule has 1 heterocycles. The first-order chi connectivity index (χ1) is 14.8. The van der Waals surface area contributed by atoms with Crippen molar-refractivity contribution in [2.24, 2.45) is 17.2 Å². The predicted molar refractivity (Wildman–Crippen MR) is 116 cm³/mol. The highest BCUT2D eigenvalue weighted by Gasteiger charge is 2.27. The van der Waals surface area contributed by atoms with Crippen LogP contribution < -0.4 is 33.3 Å². The first-order valence-corrected chi connectivity index (χ1v) is 10.2. The molecule has 0 saturated heterocycles. The molecular formula is C19H31BN6O5. The number of nitrogens with one attached hydrogen (secondary N) is 2. The van der Waals surface area contributed by atoms with Gasteiger partial charge in [0.05, 0.1) is 19.2 Å². The molecule has 12 heteroatoms. The highest BCUT2D eigenvalue weighted by molar-refractivity contribution is 6.61. The van der Waals surface area contributed by atoms with Crippen LogP contribution in [0.2, 0.25) is 0 Å². The molecule has 1 aromatic rings. The number of fused-ring (bicyclic) bond motifs is 1. The lowest BCUT2D eigenvalue weighted by Crippen LogP contribution is -2.45. The van der Waals surface area contributed by atoms with E-state index in [9.17, 15) is 19.4 Å². The summed E-state index contributed by atoms with van der Waals surface area (Å²) in [6, 6.07) is 4.55. The topological polar surface area (TPSA) is 186 Å². The minimum Gasteiger partial charge on any atom is -0.423 e. The van der Waals surface area contributed by atoms with Gasteiger partial charge in [-0.15, -0.1) is 0 Å². The van der Waals surface area contributed by atoms with Crippen molar-refractivity contribution in [3.05, 3.63) is 29.3 Å². The molecule has 0 saturated carbocycles. The SMILES string of the molecule is NCCN(CCN)C(=O)CCC(N)C(=O)NCC(=O)NCc1ccc2c(c1)B(O)OC2. The number of hydrogen-bond donors (Lipinski definition) is 6. The minimum atomic E-state index is -0.948. The zero-order valence-corrected chi connectivity index (χ0v) is 17.5. The quantitative estimate of drug-likeness (QED) is 0.183. The molecule has 1 aliphatic rings. The van der Waals surface area contributed by atoms with Gasteiger partial charge in [0.2, 0.25) is 17.7 Å². The van der Waals surface area contributed by atoms with Gasteiger partial charge >= 0.3 is 7.12 Å². The maximum Gasteiger partial charge on any atom is 0.491 e. The van der Waals surface area contributed by atoms with Crippen LogP contribution in [0.5, 0.6) is 0 Å². The average molecular weight is 434 g/mol. The van der Waals surface area contributed by atoms with Crippen molar-refractivity contribution < 1.29 is 24.1 Å². The summed E-state index contributed by atoms with van der Waals surface area (Å²) < 4.78 is 5.14. The van der Waals surface area contributed by atoms with Gasteiger partial charge in [0, 0.05) is 39.1 Å². The molecule has 1 aliphatic heterocycles. The van der Waals surface area contributed by atoms with Crippen molar-refractivity contribution in [1.82, 2.24) is 15.5 Å². The van der Waals surface area contributed by atoms with E-state index in [1.807, 2.05) is 12.1 Å². The van der Waals surface area contributed by atoms with Gasteiger partial charge in [-0.3, -0.25) is 14.4 Å². The van der Waals surface area contributed by atoms with Crippen molar-refractivity contribution in [3.63, 3.8) is 0 Å². The zero-order chi connectivity index (χ0) is 22.8. The number of carbonyl (C=O) groups excluding carboxylic acids is 3. The summed E-state index contributed by atoms with van der Waals surface area (Å²) in [5.74, 6) is -1.06. The Morgan fingerprint density at radius 2 is 1.90 bits per heavy atom. The smallest absolute Gasteiger partial charge is 0.423 e. The van der Waals surface area contributed by atoms with Crippen LogP contribution in [-0.2, 0) is 32.2 Å². The molecule has 1 aromatic carbocycles. The highest BCUT2D eigenvalue weighted by Crippen LogP contribution is 2.11. The molecule has 3 amide bonds. The molecule has 2 rings (SSSR count). The van der Waals surface area contributed by atoms with Gasteiger partial charge in [-0.05, 0) is 23.0 Å². The van der Waals surface area contributed by atoms with Crippen molar-refractivity contribution in [2.75, 3.05) is 32.7 Å². The van der Waals surface area contributed by atoms with Gasteiger partial charge in [0.15, 0.2) is 0 Å². The Morgan fingerprint density at radius 1 is 1.19 bits per heavy atom. The molecule has 0 aromatic heterocycles. The number of nitrogens with two attached hydrogens (primary N) is 3. The Kier molecular flexibility index (Phi) is 9.88. The van der Waals surface area contributed by atoms with Gasteiger partial charge in [-0.25, -0.2) is 0 Å². The van der Waals surface area contributed by atoms with E-state index < -0.39 is 19.1 Å². The summed E-state index contributed by atoms with van der Waals surface area (Å²) in [5, 5.41) is 14.9. The molecule has 0 aliphatic carbocycles. The fraction of sp³-hybridized carbons (Fsp3) is 0.526. The summed E-state index contributed by atoms with van der Waals surface area (Å²) in [6.07, 6.45) is 0.242. The van der Waals surface area contributed by atoms with Crippen LogP contribution in [0.25, 0.3) is 0 Å². The lowest BCUT2D eigenvalue weighted by Gasteiger charge is -2.22. The number of benzene rings is 1.